The monoisotopic (exact) mass is 482 g/mol. The molecule has 0 fully saturated rings. The highest BCUT2D eigenvalue weighted by Gasteiger charge is 2.20. The van der Waals surface area contributed by atoms with Gasteiger partial charge in [0.2, 0.25) is 0 Å². The van der Waals surface area contributed by atoms with Gasteiger partial charge in [-0.3, -0.25) is 10.7 Å². The van der Waals surface area contributed by atoms with Crippen LogP contribution < -0.4 is 16.2 Å². The quantitative estimate of drug-likeness (QED) is 0.163. The third-order valence-corrected chi connectivity index (χ3v) is 6.95. The van der Waals surface area contributed by atoms with Crippen LogP contribution in [-0.2, 0) is 0 Å². The smallest absolute Gasteiger partial charge is 0.0970 e. The SMILES string of the molecule is CNNC(NC(c1ccccc1)c1ccc(-n2c3ccccc3c3ccccc32)cc1)c1ccccc1. The molecule has 2 atom stereocenters. The van der Waals surface area contributed by atoms with Crippen molar-refractivity contribution in [3.05, 3.63) is 150 Å². The molecule has 1 aromatic heterocycles. The molecule has 182 valence electrons. The Morgan fingerprint density at radius 2 is 1.00 bits per heavy atom. The minimum absolute atomic E-state index is 0.000503. The summed E-state index contributed by atoms with van der Waals surface area (Å²) in [5.41, 5.74) is 13.7. The van der Waals surface area contributed by atoms with Gasteiger partial charge in [0.05, 0.1) is 23.2 Å². The second kappa shape index (κ2) is 10.4. The van der Waals surface area contributed by atoms with Gasteiger partial charge >= 0.3 is 0 Å². The third-order valence-electron chi connectivity index (χ3n) is 6.95. The molecule has 0 aliphatic carbocycles. The number of nitrogens with zero attached hydrogens (tertiary/aromatic N) is 1. The first kappa shape index (κ1) is 23.2. The molecule has 37 heavy (non-hydrogen) atoms. The predicted molar refractivity (Wildman–Crippen MR) is 154 cm³/mol. The lowest BCUT2D eigenvalue weighted by molar-refractivity contribution is 0.374. The van der Waals surface area contributed by atoms with E-state index in [0.29, 0.717) is 0 Å². The minimum Gasteiger partial charge on any atom is -0.309 e. The van der Waals surface area contributed by atoms with E-state index in [4.69, 9.17) is 0 Å². The Kier molecular flexibility index (Phi) is 6.53. The lowest BCUT2D eigenvalue weighted by Crippen LogP contribution is -2.42. The summed E-state index contributed by atoms with van der Waals surface area (Å²) < 4.78 is 2.36. The molecule has 0 bridgehead atoms. The van der Waals surface area contributed by atoms with Crippen molar-refractivity contribution in [3.63, 3.8) is 0 Å². The fraction of sp³-hybridized carbons (Fsp3) is 0.0909. The van der Waals surface area contributed by atoms with Gasteiger partial charge in [0.25, 0.3) is 0 Å². The van der Waals surface area contributed by atoms with E-state index in [2.05, 4.69) is 148 Å². The highest BCUT2D eigenvalue weighted by molar-refractivity contribution is 6.09. The van der Waals surface area contributed by atoms with Crippen LogP contribution in [0.5, 0.6) is 0 Å². The van der Waals surface area contributed by atoms with Crippen LogP contribution in [-0.4, -0.2) is 11.6 Å². The van der Waals surface area contributed by atoms with Crippen LogP contribution in [0.1, 0.15) is 28.9 Å². The number of fused-ring (bicyclic) bond motifs is 3. The predicted octanol–water partition coefficient (Wildman–Crippen LogP) is 6.89. The Morgan fingerprint density at radius 3 is 1.57 bits per heavy atom. The molecule has 6 rings (SSSR count). The van der Waals surface area contributed by atoms with Crippen LogP contribution in [0.25, 0.3) is 27.5 Å². The maximum absolute atomic E-state index is 3.84. The summed E-state index contributed by atoms with van der Waals surface area (Å²) in [5.74, 6) is 0. The van der Waals surface area contributed by atoms with E-state index < -0.39 is 0 Å². The van der Waals surface area contributed by atoms with Crippen molar-refractivity contribution in [2.24, 2.45) is 0 Å². The fourth-order valence-electron chi connectivity index (χ4n) is 5.22. The first-order valence-corrected chi connectivity index (χ1v) is 12.7. The third kappa shape index (κ3) is 4.54. The zero-order valence-electron chi connectivity index (χ0n) is 20.8. The molecule has 6 aromatic rings. The maximum atomic E-state index is 3.84. The van der Waals surface area contributed by atoms with E-state index in [0.717, 1.165) is 5.69 Å². The lowest BCUT2D eigenvalue weighted by atomic mass is 9.97. The number of rotatable bonds is 8. The molecule has 4 heteroatoms. The van der Waals surface area contributed by atoms with Crippen LogP contribution >= 0.6 is 0 Å². The van der Waals surface area contributed by atoms with Crippen molar-refractivity contribution >= 4 is 21.8 Å². The first-order chi connectivity index (χ1) is 18.3. The normalized spacial score (nSPS) is 13.1. The highest BCUT2D eigenvalue weighted by Crippen LogP contribution is 2.33. The van der Waals surface area contributed by atoms with Crippen molar-refractivity contribution in [2.45, 2.75) is 12.2 Å². The number of nitrogens with one attached hydrogen (secondary N) is 3. The van der Waals surface area contributed by atoms with Gasteiger partial charge in [-0.05, 0) is 48.0 Å². The second-order valence-corrected chi connectivity index (χ2v) is 9.21. The van der Waals surface area contributed by atoms with E-state index in [-0.39, 0.29) is 12.2 Å². The molecular formula is C33H30N4. The van der Waals surface area contributed by atoms with E-state index in [1.54, 1.807) is 0 Å². The highest BCUT2D eigenvalue weighted by atomic mass is 15.4. The number of para-hydroxylation sites is 2. The van der Waals surface area contributed by atoms with E-state index in [1.807, 2.05) is 13.1 Å². The Labute approximate surface area is 217 Å². The molecule has 1 heterocycles. The molecule has 0 aliphatic heterocycles. The zero-order chi connectivity index (χ0) is 25.0. The largest absolute Gasteiger partial charge is 0.309 e. The van der Waals surface area contributed by atoms with Crippen molar-refractivity contribution in [3.8, 4) is 5.69 Å². The lowest BCUT2D eigenvalue weighted by Gasteiger charge is -2.28. The molecule has 0 radical (unpaired) electrons. The maximum Gasteiger partial charge on any atom is 0.0970 e. The van der Waals surface area contributed by atoms with Gasteiger partial charge in [-0.1, -0.05) is 109 Å². The van der Waals surface area contributed by atoms with Gasteiger partial charge in [0.15, 0.2) is 0 Å². The topological polar surface area (TPSA) is 41.0 Å². The van der Waals surface area contributed by atoms with Crippen molar-refractivity contribution in [2.75, 3.05) is 7.05 Å². The summed E-state index contributed by atoms with van der Waals surface area (Å²) in [4.78, 5) is 0. The van der Waals surface area contributed by atoms with Crippen LogP contribution in [0.3, 0.4) is 0 Å². The molecule has 0 saturated heterocycles. The molecule has 4 nitrogen and oxygen atoms in total. The average molecular weight is 483 g/mol. The molecule has 0 aliphatic rings. The van der Waals surface area contributed by atoms with Crippen LogP contribution in [0, 0.1) is 0 Å². The fourth-order valence-corrected chi connectivity index (χ4v) is 5.22. The number of hydrazine groups is 1. The van der Waals surface area contributed by atoms with Gasteiger partial charge < -0.3 is 4.57 Å². The Hall–Kier alpha value is -4.22. The van der Waals surface area contributed by atoms with Crippen LogP contribution in [0.4, 0.5) is 0 Å². The van der Waals surface area contributed by atoms with Crippen LogP contribution in [0.2, 0.25) is 0 Å². The van der Waals surface area contributed by atoms with Gasteiger partial charge in [-0.25, -0.2) is 5.43 Å². The van der Waals surface area contributed by atoms with Gasteiger partial charge in [0.1, 0.15) is 0 Å². The molecule has 3 N–H and O–H groups in total. The zero-order valence-corrected chi connectivity index (χ0v) is 20.8. The standard InChI is InChI=1S/C33H30N4/c1-34-36-33(26-14-6-3-7-15-26)35-32(24-12-4-2-5-13-24)25-20-22-27(23-21-25)37-30-18-10-8-16-28(30)29-17-9-11-19-31(29)37/h2-23,32-36H,1H3. The number of hydrogen-bond acceptors (Lipinski definition) is 3. The molecule has 0 spiro atoms. The molecule has 0 amide bonds. The molecular weight excluding hydrogens is 452 g/mol. The summed E-state index contributed by atoms with van der Waals surface area (Å²) >= 11 is 0. The summed E-state index contributed by atoms with van der Waals surface area (Å²) in [6.07, 6.45) is -0.0755. The van der Waals surface area contributed by atoms with E-state index >= 15 is 0 Å². The number of hydrogen-bond donors (Lipinski definition) is 3. The van der Waals surface area contributed by atoms with Gasteiger partial charge in [0, 0.05) is 16.5 Å². The summed E-state index contributed by atoms with van der Waals surface area (Å²) in [7, 11) is 1.90. The summed E-state index contributed by atoms with van der Waals surface area (Å²) in [6.45, 7) is 0. The van der Waals surface area contributed by atoms with E-state index in [1.165, 1.54) is 38.5 Å². The van der Waals surface area contributed by atoms with Crippen molar-refractivity contribution in [1.82, 2.24) is 20.7 Å². The van der Waals surface area contributed by atoms with Crippen LogP contribution in [0.15, 0.2) is 133 Å². The Bertz CT molecular complexity index is 1550. The van der Waals surface area contributed by atoms with Gasteiger partial charge in [-0.15, -0.1) is 0 Å². The number of aromatic nitrogens is 1. The minimum atomic E-state index is -0.0755. The molecule has 0 saturated carbocycles. The average Bonchev–Trinajstić information content (AvgIpc) is 3.31. The molecule has 2 unspecified atom stereocenters. The number of benzene rings is 5. The van der Waals surface area contributed by atoms with E-state index in [9.17, 15) is 0 Å². The Morgan fingerprint density at radius 1 is 0.514 bits per heavy atom. The summed E-state index contributed by atoms with van der Waals surface area (Å²) in [6, 6.07) is 47.3. The molecule has 5 aromatic carbocycles. The second-order valence-electron chi connectivity index (χ2n) is 9.21. The first-order valence-electron chi connectivity index (χ1n) is 12.7. The van der Waals surface area contributed by atoms with Crippen molar-refractivity contribution < 1.29 is 0 Å². The summed E-state index contributed by atoms with van der Waals surface area (Å²) in [5, 5.41) is 6.38. The van der Waals surface area contributed by atoms with Gasteiger partial charge in [-0.2, -0.15) is 0 Å². The Balaban J connectivity index is 1.41. The van der Waals surface area contributed by atoms with Crippen molar-refractivity contribution in [1.29, 1.82) is 0 Å².